The van der Waals surface area contributed by atoms with Crippen LogP contribution in [0.4, 0.5) is 0 Å². The van der Waals surface area contributed by atoms with E-state index in [0.717, 1.165) is 38.6 Å². The topological polar surface area (TPSA) is 47.6 Å². The van der Waals surface area contributed by atoms with Crippen LogP contribution in [0.3, 0.4) is 0 Å². The maximum Gasteiger partial charge on any atom is 0.344 e. The second-order valence-electron chi connectivity index (χ2n) is 9.06. The predicted octanol–water partition coefficient (Wildman–Crippen LogP) is 8.41. The molecule has 0 radical (unpaired) electrons. The summed E-state index contributed by atoms with van der Waals surface area (Å²) in [4.78, 5) is 0. The Morgan fingerprint density at radius 1 is 0.667 bits per heavy atom. The number of rotatable bonds is 22. The third-order valence-corrected chi connectivity index (χ3v) is 8.08. The minimum Gasteiger partial charge on any atom is -0.307 e. The highest BCUT2D eigenvalue weighted by atomic mass is 31.2. The molecule has 0 aromatic heterocycles. The van der Waals surface area contributed by atoms with E-state index in [4.69, 9.17) is 9.05 Å². The van der Waals surface area contributed by atoms with Crippen LogP contribution >= 0.6 is 7.60 Å². The van der Waals surface area contributed by atoms with E-state index in [1.807, 2.05) is 0 Å². The maximum atomic E-state index is 13.6. The first-order valence-electron chi connectivity index (χ1n) is 13.1. The molecular weight excluding hydrogens is 393 g/mol. The first-order chi connectivity index (χ1) is 14.5. The first kappa shape index (κ1) is 30.1. The SMILES string of the molecule is CCCCC(CC)CNCP(=O)(OCC(CC)CCCC)OCC(CC)CCCC. The van der Waals surface area contributed by atoms with Gasteiger partial charge < -0.3 is 14.4 Å². The van der Waals surface area contributed by atoms with E-state index >= 15 is 0 Å². The molecule has 0 bridgehead atoms. The van der Waals surface area contributed by atoms with Crippen molar-refractivity contribution < 1.29 is 13.6 Å². The molecule has 0 aliphatic rings. The van der Waals surface area contributed by atoms with Gasteiger partial charge in [-0.2, -0.15) is 0 Å². The third kappa shape index (κ3) is 15.0. The fourth-order valence-electron chi connectivity index (χ4n) is 3.71. The molecule has 182 valence electrons. The zero-order valence-electron chi connectivity index (χ0n) is 21.2. The first-order valence-corrected chi connectivity index (χ1v) is 14.8. The van der Waals surface area contributed by atoms with E-state index in [-0.39, 0.29) is 0 Å². The van der Waals surface area contributed by atoms with Gasteiger partial charge in [0.2, 0.25) is 0 Å². The second-order valence-corrected chi connectivity index (χ2v) is 11.1. The minimum absolute atomic E-state index is 0.337. The number of unbranched alkanes of at least 4 members (excludes halogenated alkanes) is 3. The molecule has 0 spiro atoms. The third-order valence-electron chi connectivity index (χ3n) is 6.38. The van der Waals surface area contributed by atoms with Gasteiger partial charge in [-0.1, -0.05) is 99.3 Å². The zero-order valence-corrected chi connectivity index (χ0v) is 22.1. The summed E-state index contributed by atoms with van der Waals surface area (Å²) in [5.74, 6) is 1.58. The largest absolute Gasteiger partial charge is 0.344 e. The standard InChI is InChI=1S/C25H54NO3P/c1-7-13-16-23(10-4)19-26-22-30(27,28-20-24(11-5)17-14-8-2)29-21-25(12-6)18-15-9-3/h23-26H,7-22H2,1-6H3. The van der Waals surface area contributed by atoms with Gasteiger partial charge in [-0.15, -0.1) is 0 Å². The van der Waals surface area contributed by atoms with Crippen LogP contribution in [0.25, 0.3) is 0 Å². The highest BCUT2D eigenvalue weighted by Crippen LogP contribution is 2.48. The lowest BCUT2D eigenvalue weighted by molar-refractivity contribution is 0.149. The summed E-state index contributed by atoms with van der Waals surface area (Å²) in [5, 5.41) is 3.44. The minimum atomic E-state index is -3.12. The van der Waals surface area contributed by atoms with Gasteiger partial charge in [-0.05, 0) is 43.6 Å². The monoisotopic (exact) mass is 447 g/mol. The summed E-state index contributed by atoms with van der Waals surface area (Å²) in [6, 6.07) is 0. The Morgan fingerprint density at radius 2 is 1.07 bits per heavy atom. The van der Waals surface area contributed by atoms with Crippen LogP contribution in [-0.2, 0) is 13.6 Å². The smallest absolute Gasteiger partial charge is 0.307 e. The second kappa shape index (κ2) is 19.8. The molecule has 3 atom stereocenters. The Balaban J connectivity index is 4.84. The molecule has 0 rings (SSSR count). The summed E-state index contributed by atoms with van der Waals surface area (Å²) < 4.78 is 25.7. The fourth-order valence-corrected chi connectivity index (χ4v) is 5.25. The Morgan fingerprint density at radius 3 is 1.43 bits per heavy atom. The van der Waals surface area contributed by atoms with Crippen LogP contribution in [0.15, 0.2) is 0 Å². The molecule has 0 aromatic carbocycles. The zero-order chi connectivity index (χ0) is 22.7. The van der Waals surface area contributed by atoms with Crippen molar-refractivity contribution in [2.24, 2.45) is 17.8 Å². The van der Waals surface area contributed by atoms with Crippen molar-refractivity contribution in [1.29, 1.82) is 0 Å². The molecule has 30 heavy (non-hydrogen) atoms. The van der Waals surface area contributed by atoms with E-state index in [2.05, 4.69) is 46.9 Å². The van der Waals surface area contributed by atoms with Gasteiger partial charge in [0, 0.05) is 0 Å². The fraction of sp³-hybridized carbons (Fsp3) is 1.00. The number of hydrogen-bond donors (Lipinski definition) is 1. The van der Waals surface area contributed by atoms with Crippen molar-refractivity contribution in [2.75, 3.05) is 26.0 Å². The van der Waals surface area contributed by atoms with E-state index in [9.17, 15) is 4.57 Å². The van der Waals surface area contributed by atoms with Crippen LogP contribution in [-0.4, -0.2) is 26.0 Å². The highest BCUT2D eigenvalue weighted by molar-refractivity contribution is 7.53. The summed E-state index contributed by atoms with van der Waals surface area (Å²) in [5.41, 5.74) is 0. The summed E-state index contributed by atoms with van der Waals surface area (Å²) in [6.45, 7) is 15.3. The lowest BCUT2D eigenvalue weighted by Crippen LogP contribution is -2.26. The van der Waals surface area contributed by atoms with E-state index in [0.29, 0.717) is 37.3 Å². The van der Waals surface area contributed by atoms with Crippen molar-refractivity contribution in [3.8, 4) is 0 Å². The van der Waals surface area contributed by atoms with Gasteiger partial charge in [-0.3, -0.25) is 4.57 Å². The molecule has 0 heterocycles. The Hall–Kier alpha value is 0.110. The Bertz CT molecular complexity index is 395. The lowest BCUT2D eigenvalue weighted by Gasteiger charge is -2.25. The molecular formula is C25H54NO3P. The molecule has 0 amide bonds. The average molecular weight is 448 g/mol. The number of nitrogens with one attached hydrogen (secondary N) is 1. The molecule has 0 saturated heterocycles. The van der Waals surface area contributed by atoms with Crippen molar-refractivity contribution in [1.82, 2.24) is 5.32 Å². The maximum absolute atomic E-state index is 13.6. The predicted molar refractivity (Wildman–Crippen MR) is 132 cm³/mol. The van der Waals surface area contributed by atoms with Crippen molar-refractivity contribution in [3.05, 3.63) is 0 Å². The van der Waals surface area contributed by atoms with Crippen molar-refractivity contribution in [2.45, 2.75) is 119 Å². The van der Waals surface area contributed by atoms with Crippen molar-refractivity contribution in [3.63, 3.8) is 0 Å². The summed E-state index contributed by atoms with van der Waals surface area (Å²) >= 11 is 0. The van der Waals surface area contributed by atoms with Gasteiger partial charge in [0.1, 0.15) is 0 Å². The molecule has 0 aliphatic carbocycles. The molecule has 0 aliphatic heterocycles. The Kier molecular flexibility index (Phi) is 19.8. The average Bonchev–Trinajstić information content (AvgIpc) is 2.76. The van der Waals surface area contributed by atoms with Gasteiger partial charge in [0.25, 0.3) is 0 Å². The lowest BCUT2D eigenvalue weighted by atomic mass is 10.00. The van der Waals surface area contributed by atoms with Gasteiger partial charge in [0.15, 0.2) is 0 Å². The van der Waals surface area contributed by atoms with Crippen LogP contribution in [0.1, 0.15) is 119 Å². The van der Waals surface area contributed by atoms with Crippen LogP contribution in [0.5, 0.6) is 0 Å². The molecule has 0 fully saturated rings. The van der Waals surface area contributed by atoms with Crippen LogP contribution < -0.4 is 5.32 Å². The van der Waals surface area contributed by atoms with E-state index in [1.165, 1.54) is 44.9 Å². The van der Waals surface area contributed by atoms with Crippen LogP contribution in [0.2, 0.25) is 0 Å². The van der Waals surface area contributed by atoms with Gasteiger partial charge in [0.05, 0.1) is 19.5 Å². The summed E-state index contributed by atoms with van der Waals surface area (Å²) in [6.07, 6.45) is 14.4. The van der Waals surface area contributed by atoms with E-state index in [1.54, 1.807) is 0 Å². The van der Waals surface area contributed by atoms with Crippen LogP contribution in [0, 0.1) is 17.8 Å². The van der Waals surface area contributed by atoms with Crippen molar-refractivity contribution >= 4 is 7.60 Å². The molecule has 1 N–H and O–H groups in total. The summed E-state index contributed by atoms with van der Waals surface area (Å²) in [7, 11) is -3.12. The van der Waals surface area contributed by atoms with E-state index < -0.39 is 7.60 Å². The van der Waals surface area contributed by atoms with Gasteiger partial charge in [-0.25, -0.2) is 0 Å². The number of hydrogen-bond acceptors (Lipinski definition) is 4. The highest BCUT2D eigenvalue weighted by Gasteiger charge is 2.27. The normalized spacial score (nSPS) is 16.9. The quantitative estimate of drug-likeness (QED) is 0.169. The van der Waals surface area contributed by atoms with Gasteiger partial charge >= 0.3 is 7.60 Å². The molecule has 0 aromatic rings. The molecule has 0 saturated carbocycles. The Labute approximate surface area is 189 Å². The molecule has 4 nitrogen and oxygen atoms in total. The molecule has 3 unspecified atom stereocenters. The molecule has 5 heteroatoms.